The molecule has 6 nitrogen and oxygen atoms in total. The van der Waals surface area contributed by atoms with E-state index < -0.39 is 23.4 Å². The zero-order valence-corrected chi connectivity index (χ0v) is 26.8. The number of aromatic carboxylic acids is 2. The predicted octanol–water partition coefficient (Wildman–Crippen LogP) is -2.86. The number of rotatable bonds is 4. The average molecular weight is 557 g/mol. The van der Waals surface area contributed by atoms with Crippen molar-refractivity contribution < 1.29 is 146 Å². The maximum atomic E-state index is 12.9. The van der Waals surface area contributed by atoms with Crippen LogP contribution >= 0.6 is 0 Å². The Kier molecular flexibility index (Phi) is 9.61. The Morgan fingerprint density at radius 1 is 0.677 bits per heavy atom. The van der Waals surface area contributed by atoms with E-state index in [1.807, 2.05) is 0 Å². The summed E-state index contributed by atoms with van der Waals surface area (Å²) in [6, 6.07) is 16.3. The second-order valence-corrected chi connectivity index (χ2v) is 6.69. The van der Waals surface area contributed by atoms with Crippen LogP contribution in [0.3, 0.4) is 0 Å². The van der Waals surface area contributed by atoms with Crippen molar-refractivity contribution in [2.24, 2.45) is 0 Å². The smallest absolute Gasteiger partial charge is 0.872 e. The Bertz CT molecular complexity index is 1220. The van der Waals surface area contributed by atoms with Gasteiger partial charge in [-0.2, -0.15) is 0 Å². The standard InChI is InChI=1S/C23H16O6.2Rb/c24-20-16(14-7-3-1-5-12(14)9-18(20)22(26)27)11-17-15-8-4-2-6-13(15)10-19(21(17)25)23(28)29;;/h1-10,24-25H,11H2,(H,26,27)(H,28,29);;/q;2*+1/p-2. The van der Waals surface area contributed by atoms with Crippen LogP contribution in [0.1, 0.15) is 31.8 Å². The van der Waals surface area contributed by atoms with Crippen molar-refractivity contribution in [2.75, 3.05) is 0 Å². The molecule has 0 aliphatic rings. The molecule has 0 aromatic heterocycles. The monoisotopic (exact) mass is 556 g/mol. The minimum Gasteiger partial charge on any atom is -0.872 e. The van der Waals surface area contributed by atoms with E-state index in [1.54, 1.807) is 48.5 Å². The van der Waals surface area contributed by atoms with Gasteiger partial charge >= 0.3 is 128 Å². The number of fused-ring (bicyclic) bond motifs is 2. The van der Waals surface area contributed by atoms with Crippen LogP contribution in [0.5, 0.6) is 11.5 Å². The molecule has 2 N–H and O–H groups in total. The molecule has 0 heterocycles. The first-order valence-electron chi connectivity index (χ1n) is 8.78. The second-order valence-electron chi connectivity index (χ2n) is 6.69. The van der Waals surface area contributed by atoms with Gasteiger partial charge in [0, 0.05) is 0 Å². The Balaban J connectivity index is 0.00000171. The number of hydrogen-bond donors (Lipinski definition) is 2. The van der Waals surface area contributed by atoms with Crippen LogP contribution in [0.15, 0.2) is 60.7 Å². The molecule has 144 valence electrons. The number of benzene rings is 4. The maximum Gasteiger partial charge on any atom is 1.00 e. The fourth-order valence-corrected chi connectivity index (χ4v) is 3.65. The van der Waals surface area contributed by atoms with Gasteiger partial charge in [0.15, 0.2) is 0 Å². The topological polar surface area (TPSA) is 121 Å². The molecule has 0 bridgehead atoms. The van der Waals surface area contributed by atoms with Crippen LogP contribution in [0.4, 0.5) is 0 Å². The molecular weight excluding hydrogens is 543 g/mol. The molecule has 4 aromatic carbocycles. The average Bonchev–Trinajstić information content (AvgIpc) is 2.70. The molecule has 4 aromatic rings. The fourth-order valence-electron chi connectivity index (χ4n) is 3.65. The molecule has 0 saturated heterocycles. The van der Waals surface area contributed by atoms with Crippen molar-refractivity contribution >= 4 is 33.5 Å². The third kappa shape index (κ3) is 5.22. The van der Waals surface area contributed by atoms with Gasteiger partial charge in [0.05, 0.1) is 11.1 Å². The zero-order valence-electron chi connectivity index (χ0n) is 17.0. The first-order chi connectivity index (χ1) is 13.9. The Morgan fingerprint density at radius 2 is 1.03 bits per heavy atom. The van der Waals surface area contributed by atoms with Crippen LogP contribution in [-0.4, -0.2) is 22.2 Å². The van der Waals surface area contributed by atoms with Crippen molar-refractivity contribution in [3.63, 3.8) is 0 Å². The second kappa shape index (κ2) is 11.1. The van der Waals surface area contributed by atoms with Crippen molar-refractivity contribution in [3.05, 3.63) is 82.9 Å². The summed E-state index contributed by atoms with van der Waals surface area (Å²) in [6.07, 6.45) is -0.166. The maximum absolute atomic E-state index is 12.9. The number of hydrogen-bond acceptors (Lipinski definition) is 4. The Hall–Kier alpha value is -0.450. The number of carboxylic acid groups (broad SMARTS) is 2. The predicted molar refractivity (Wildman–Crippen MR) is 104 cm³/mol. The van der Waals surface area contributed by atoms with Crippen molar-refractivity contribution in [3.8, 4) is 11.5 Å². The van der Waals surface area contributed by atoms with E-state index in [2.05, 4.69) is 0 Å². The van der Waals surface area contributed by atoms with E-state index >= 15 is 0 Å². The van der Waals surface area contributed by atoms with Crippen molar-refractivity contribution in [1.29, 1.82) is 0 Å². The van der Waals surface area contributed by atoms with Gasteiger partial charge in [0.1, 0.15) is 0 Å². The molecule has 31 heavy (non-hydrogen) atoms. The van der Waals surface area contributed by atoms with Crippen molar-refractivity contribution in [1.82, 2.24) is 0 Å². The summed E-state index contributed by atoms with van der Waals surface area (Å²) in [6.45, 7) is 0. The SMILES string of the molecule is O=C(O)c1cc2ccccc2c(Cc2c([O-])c(C(=O)O)cc3ccccc23)c1[O-].[Rb+].[Rb+]. The molecule has 0 amide bonds. The molecule has 0 saturated carbocycles. The van der Waals surface area contributed by atoms with Gasteiger partial charge in [-0.1, -0.05) is 60.0 Å². The summed E-state index contributed by atoms with van der Waals surface area (Å²) in [4.78, 5) is 23.1. The first-order valence-corrected chi connectivity index (χ1v) is 8.78. The first kappa shape index (κ1) is 26.8. The molecule has 8 heteroatoms. The fraction of sp³-hybridized carbons (Fsp3) is 0.0435. The Morgan fingerprint density at radius 3 is 1.39 bits per heavy atom. The minimum atomic E-state index is -1.35. The van der Waals surface area contributed by atoms with Gasteiger partial charge < -0.3 is 20.4 Å². The molecule has 0 spiro atoms. The van der Waals surface area contributed by atoms with E-state index in [0.717, 1.165) is 0 Å². The van der Waals surface area contributed by atoms with Gasteiger partial charge in [-0.15, -0.1) is 0 Å². The molecule has 0 atom stereocenters. The van der Waals surface area contributed by atoms with Gasteiger partial charge in [0.25, 0.3) is 0 Å². The van der Waals surface area contributed by atoms with Crippen LogP contribution in [0, 0.1) is 0 Å². The van der Waals surface area contributed by atoms with Gasteiger partial charge in [-0.3, -0.25) is 0 Å². The largest absolute Gasteiger partial charge is 1.00 e. The number of carbonyl (C=O) groups is 2. The van der Waals surface area contributed by atoms with E-state index in [-0.39, 0.29) is 145 Å². The summed E-state index contributed by atoms with van der Waals surface area (Å²) < 4.78 is 0. The van der Waals surface area contributed by atoms with E-state index in [1.165, 1.54) is 12.1 Å². The normalized spacial score (nSPS) is 10.3. The zero-order chi connectivity index (χ0) is 20.7. The molecule has 4 rings (SSSR count). The van der Waals surface area contributed by atoms with Crippen LogP contribution < -0.4 is 127 Å². The van der Waals surface area contributed by atoms with Crippen LogP contribution in [0.2, 0.25) is 0 Å². The van der Waals surface area contributed by atoms with Crippen molar-refractivity contribution in [2.45, 2.75) is 6.42 Å². The quantitative estimate of drug-likeness (QED) is 0.279. The molecule has 0 unspecified atom stereocenters. The number of carboxylic acids is 2. The van der Waals surface area contributed by atoms with Gasteiger partial charge in [-0.05, 0) is 51.2 Å². The summed E-state index contributed by atoms with van der Waals surface area (Å²) in [5.74, 6) is -4.07. The summed E-state index contributed by atoms with van der Waals surface area (Å²) in [5.41, 5.74) is -0.453. The third-order valence-electron chi connectivity index (χ3n) is 5.02. The summed E-state index contributed by atoms with van der Waals surface area (Å²) in [7, 11) is 0. The van der Waals surface area contributed by atoms with Gasteiger partial charge in [-0.25, -0.2) is 9.59 Å². The minimum absolute atomic E-state index is 0. The van der Waals surface area contributed by atoms with E-state index in [4.69, 9.17) is 0 Å². The molecular formula is C23H14O6Rb2. The molecule has 0 fully saturated rings. The van der Waals surface area contributed by atoms with Gasteiger partial charge in [0.2, 0.25) is 0 Å². The molecule has 0 radical (unpaired) electrons. The van der Waals surface area contributed by atoms with Crippen LogP contribution in [-0.2, 0) is 6.42 Å². The summed E-state index contributed by atoms with van der Waals surface area (Å²) >= 11 is 0. The van der Waals surface area contributed by atoms with E-state index in [0.29, 0.717) is 21.5 Å². The molecule has 0 aliphatic heterocycles. The Labute approximate surface area is 275 Å². The molecule has 0 aliphatic carbocycles. The summed E-state index contributed by atoms with van der Waals surface area (Å²) in [5, 5.41) is 46.8. The van der Waals surface area contributed by atoms with Crippen LogP contribution in [0.25, 0.3) is 21.5 Å². The third-order valence-corrected chi connectivity index (χ3v) is 5.02. The van der Waals surface area contributed by atoms with E-state index in [9.17, 15) is 30.0 Å².